The van der Waals surface area contributed by atoms with Crippen molar-refractivity contribution in [3.8, 4) is 0 Å². The van der Waals surface area contributed by atoms with Crippen LogP contribution in [0.1, 0.15) is 23.5 Å². The van der Waals surface area contributed by atoms with E-state index in [-0.39, 0.29) is 11.9 Å². The molecule has 14 heavy (non-hydrogen) atoms. The van der Waals surface area contributed by atoms with Crippen LogP contribution in [0, 0.1) is 0 Å². The summed E-state index contributed by atoms with van der Waals surface area (Å²) in [4.78, 5) is 11.4. The van der Waals surface area contributed by atoms with Gasteiger partial charge in [-0.3, -0.25) is 4.79 Å². The highest BCUT2D eigenvalue weighted by Gasteiger charge is 2.29. The first-order valence-electron chi connectivity index (χ1n) is 4.58. The smallest absolute Gasteiger partial charge is 0.313 e. The number of halogens is 1. The molecule has 3 heteroatoms. The topological polar surface area (TPSA) is 26.3 Å². The monoisotopic (exact) mass is 254 g/mol. The van der Waals surface area contributed by atoms with E-state index >= 15 is 0 Å². The maximum atomic E-state index is 11.4. The third-order valence-electron chi connectivity index (χ3n) is 2.67. The Hall–Kier alpha value is -0.830. The largest absolute Gasteiger partial charge is 0.469 e. The molecular formula is C11H11BrO2. The number of fused-ring (bicyclic) bond motifs is 1. The summed E-state index contributed by atoms with van der Waals surface area (Å²) in [6.07, 6.45) is 1.84. The molecule has 0 fully saturated rings. The number of esters is 1. The van der Waals surface area contributed by atoms with Crippen LogP contribution in [-0.2, 0) is 16.0 Å². The second kappa shape index (κ2) is 3.73. The normalized spacial score (nSPS) is 19.1. The van der Waals surface area contributed by atoms with E-state index < -0.39 is 0 Å². The van der Waals surface area contributed by atoms with Crippen molar-refractivity contribution >= 4 is 21.9 Å². The summed E-state index contributed by atoms with van der Waals surface area (Å²) in [5.41, 5.74) is 2.38. The molecule has 0 aliphatic heterocycles. The fourth-order valence-electron chi connectivity index (χ4n) is 1.97. The van der Waals surface area contributed by atoms with Gasteiger partial charge in [0.1, 0.15) is 0 Å². The van der Waals surface area contributed by atoms with Gasteiger partial charge in [0.05, 0.1) is 13.0 Å². The first-order chi connectivity index (χ1) is 6.72. The quantitative estimate of drug-likeness (QED) is 0.721. The lowest BCUT2D eigenvalue weighted by atomic mass is 10.0. The first kappa shape index (κ1) is 9.71. The molecule has 0 amide bonds. The molecule has 0 heterocycles. The van der Waals surface area contributed by atoms with E-state index in [1.807, 2.05) is 12.1 Å². The van der Waals surface area contributed by atoms with Crippen LogP contribution in [0.5, 0.6) is 0 Å². The van der Waals surface area contributed by atoms with Gasteiger partial charge in [-0.2, -0.15) is 0 Å². The van der Waals surface area contributed by atoms with Crippen LogP contribution in [0.4, 0.5) is 0 Å². The molecule has 0 N–H and O–H groups in total. The standard InChI is InChI=1S/C11H11BrO2/c1-14-11(13)10-4-2-7-6-8(12)3-5-9(7)10/h3,5-6,10H,2,4H2,1H3/t10-/m1/s1. The Balaban J connectivity index is 2.35. The fraction of sp³-hybridized carbons (Fsp3) is 0.364. The van der Waals surface area contributed by atoms with Crippen molar-refractivity contribution in [2.75, 3.05) is 7.11 Å². The second-order valence-electron chi connectivity index (χ2n) is 3.46. The van der Waals surface area contributed by atoms with Crippen LogP contribution >= 0.6 is 15.9 Å². The van der Waals surface area contributed by atoms with Crippen LogP contribution in [0.15, 0.2) is 22.7 Å². The molecular weight excluding hydrogens is 244 g/mol. The van der Waals surface area contributed by atoms with E-state index in [0.717, 1.165) is 22.9 Å². The number of hydrogen-bond acceptors (Lipinski definition) is 2. The highest BCUT2D eigenvalue weighted by atomic mass is 79.9. The molecule has 0 radical (unpaired) electrons. The number of hydrogen-bond donors (Lipinski definition) is 0. The molecule has 74 valence electrons. The lowest BCUT2D eigenvalue weighted by Gasteiger charge is -2.08. The van der Waals surface area contributed by atoms with Gasteiger partial charge >= 0.3 is 5.97 Å². The minimum absolute atomic E-state index is 0.0527. The lowest BCUT2D eigenvalue weighted by molar-refractivity contribution is -0.142. The van der Waals surface area contributed by atoms with Gasteiger partial charge in [-0.25, -0.2) is 0 Å². The minimum Gasteiger partial charge on any atom is -0.469 e. The summed E-state index contributed by atoms with van der Waals surface area (Å²) in [6, 6.07) is 6.06. The van der Waals surface area contributed by atoms with Gasteiger partial charge in [-0.05, 0) is 36.1 Å². The summed E-state index contributed by atoms with van der Waals surface area (Å²) in [5, 5.41) is 0. The number of aryl methyl sites for hydroxylation is 1. The molecule has 0 unspecified atom stereocenters. The highest BCUT2D eigenvalue weighted by molar-refractivity contribution is 9.10. The predicted molar refractivity (Wildman–Crippen MR) is 57.2 cm³/mol. The van der Waals surface area contributed by atoms with Crippen LogP contribution in [0.3, 0.4) is 0 Å². The molecule has 1 aromatic carbocycles. The minimum atomic E-state index is -0.119. The van der Waals surface area contributed by atoms with Gasteiger partial charge in [-0.1, -0.05) is 22.0 Å². The van der Waals surface area contributed by atoms with Gasteiger partial charge in [0.25, 0.3) is 0 Å². The van der Waals surface area contributed by atoms with E-state index in [1.165, 1.54) is 12.7 Å². The van der Waals surface area contributed by atoms with Crippen molar-refractivity contribution in [1.29, 1.82) is 0 Å². The predicted octanol–water partition coefficient (Wildman–Crippen LogP) is 2.65. The zero-order valence-corrected chi connectivity index (χ0v) is 9.50. The molecule has 0 aromatic heterocycles. The van der Waals surface area contributed by atoms with Crippen molar-refractivity contribution in [2.45, 2.75) is 18.8 Å². The maximum absolute atomic E-state index is 11.4. The summed E-state index contributed by atoms with van der Waals surface area (Å²) < 4.78 is 5.84. The van der Waals surface area contributed by atoms with Crippen LogP contribution in [0.2, 0.25) is 0 Å². The van der Waals surface area contributed by atoms with Crippen LogP contribution in [0.25, 0.3) is 0 Å². The third kappa shape index (κ3) is 1.57. The van der Waals surface area contributed by atoms with Crippen LogP contribution < -0.4 is 0 Å². The Morgan fingerprint density at radius 3 is 3.07 bits per heavy atom. The van der Waals surface area contributed by atoms with E-state index in [2.05, 4.69) is 22.0 Å². The second-order valence-corrected chi connectivity index (χ2v) is 4.37. The Morgan fingerprint density at radius 2 is 2.36 bits per heavy atom. The van der Waals surface area contributed by atoms with Gasteiger partial charge in [0.15, 0.2) is 0 Å². The molecule has 1 atom stereocenters. The summed E-state index contributed by atoms with van der Waals surface area (Å²) in [6.45, 7) is 0. The summed E-state index contributed by atoms with van der Waals surface area (Å²) in [7, 11) is 1.44. The number of carbonyl (C=O) groups is 1. The van der Waals surface area contributed by atoms with E-state index in [4.69, 9.17) is 4.74 Å². The number of benzene rings is 1. The number of carbonyl (C=O) groups excluding carboxylic acids is 1. The number of rotatable bonds is 1. The molecule has 1 aromatic rings. The summed E-state index contributed by atoms with van der Waals surface area (Å²) in [5.74, 6) is -0.172. The Bertz CT molecular complexity index is 374. The molecule has 0 bridgehead atoms. The molecule has 0 spiro atoms. The van der Waals surface area contributed by atoms with Crippen molar-refractivity contribution in [1.82, 2.24) is 0 Å². The number of methoxy groups -OCH3 is 1. The fourth-order valence-corrected chi connectivity index (χ4v) is 2.38. The Labute approximate surface area is 91.4 Å². The molecule has 1 aliphatic carbocycles. The third-order valence-corrected chi connectivity index (χ3v) is 3.16. The molecule has 0 saturated heterocycles. The van der Waals surface area contributed by atoms with Crippen LogP contribution in [-0.4, -0.2) is 13.1 Å². The van der Waals surface area contributed by atoms with Gasteiger partial charge in [-0.15, -0.1) is 0 Å². The maximum Gasteiger partial charge on any atom is 0.313 e. The highest BCUT2D eigenvalue weighted by Crippen LogP contribution is 2.35. The summed E-state index contributed by atoms with van der Waals surface area (Å²) >= 11 is 3.42. The zero-order chi connectivity index (χ0) is 10.1. The zero-order valence-electron chi connectivity index (χ0n) is 7.92. The Morgan fingerprint density at radius 1 is 1.57 bits per heavy atom. The molecule has 1 aliphatic rings. The molecule has 2 nitrogen and oxygen atoms in total. The molecule has 0 saturated carbocycles. The van der Waals surface area contributed by atoms with Gasteiger partial charge < -0.3 is 4.74 Å². The van der Waals surface area contributed by atoms with Crippen molar-refractivity contribution < 1.29 is 9.53 Å². The molecule has 2 rings (SSSR count). The van der Waals surface area contributed by atoms with Crippen molar-refractivity contribution in [3.05, 3.63) is 33.8 Å². The first-order valence-corrected chi connectivity index (χ1v) is 5.38. The SMILES string of the molecule is COC(=O)[C@@H]1CCc2cc(Br)ccc21. The van der Waals surface area contributed by atoms with Gasteiger partial charge in [0.2, 0.25) is 0 Å². The van der Waals surface area contributed by atoms with E-state index in [0.29, 0.717) is 0 Å². The average Bonchev–Trinajstić information content (AvgIpc) is 2.59. The van der Waals surface area contributed by atoms with Crippen molar-refractivity contribution in [2.24, 2.45) is 0 Å². The van der Waals surface area contributed by atoms with Crippen molar-refractivity contribution in [3.63, 3.8) is 0 Å². The number of ether oxygens (including phenoxy) is 1. The van der Waals surface area contributed by atoms with Gasteiger partial charge in [0, 0.05) is 4.47 Å². The van der Waals surface area contributed by atoms with E-state index in [9.17, 15) is 4.79 Å². The Kier molecular flexibility index (Phi) is 2.59. The average molecular weight is 255 g/mol. The van der Waals surface area contributed by atoms with E-state index in [1.54, 1.807) is 0 Å². The lowest BCUT2D eigenvalue weighted by Crippen LogP contribution is -2.11.